The Bertz CT molecular complexity index is 591. The number of ether oxygens (including phenoxy) is 1. The molecule has 21 heavy (non-hydrogen) atoms. The average Bonchev–Trinajstić information content (AvgIpc) is 2.54. The predicted octanol–water partition coefficient (Wildman–Crippen LogP) is 2.99. The molecule has 0 aliphatic carbocycles. The largest absolute Gasteiger partial charge is 0.383 e. The number of rotatable bonds is 6. The molecule has 0 saturated carbocycles. The minimum Gasteiger partial charge on any atom is -0.383 e. The maximum Gasteiger partial charge on any atom is 0.251 e. The molecule has 2 aromatic carbocycles. The molecule has 0 bridgehead atoms. The molecule has 3 heteroatoms. The van der Waals surface area contributed by atoms with E-state index in [0.717, 1.165) is 11.1 Å². The van der Waals surface area contributed by atoms with Crippen molar-refractivity contribution >= 4 is 17.6 Å². The Balaban J connectivity index is 2.27. The molecule has 1 N–H and O–H groups in total. The Morgan fingerprint density at radius 3 is 2.29 bits per heavy atom. The number of amides is 1. The molecule has 0 spiro atoms. The van der Waals surface area contributed by atoms with Gasteiger partial charge in [-0.3, -0.25) is 4.79 Å². The molecule has 0 heterocycles. The van der Waals surface area contributed by atoms with Gasteiger partial charge >= 0.3 is 0 Å². The van der Waals surface area contributed by atoms with Crippen LogP contribution >= 0.6 is 0 Å². The van der Waals surface area contributed by atoms with Crippen molar-refractivity contribution in [3.05, 3.63) is 71.8 Å². The molecule has 3 nitrogen and oxygen atoms in total. The van der Waals surface area contributed by atoms with Crippen molar-refractivity contribution in [3.8, 4) is 0 Å². The van der Waals surface area contributed by atoms with E-state index in [1.165, 1.54) is 0 Å². The van der Waals surface area contributed by atoms with Crippen LogP contribution in [0.15, 0.2) is 60.7 Å². The first-order valence-electron chi connectivity index (χ1n) is 6.90. The zero-order valence-electron chi connectivity index (χ0n) is 12.1. The van der Waals surface area contributed by atoms with Gasteiger partial charge in [-0.2, -0.15) is 0 Å². The summed E-state index contributed by atoms with van der Waals surface area (Å²) in [5.41, 5.74) is 2.55. The summed E-state index contributed by atoms with van der Waals surface area (Å²) in [6, 6.07) is 19.5. The first-order chi connectivity index (χ1) is 10.3. The van der Waals surface area contributed by atoms with Crippen LogP contribution in [0.25, 0.3) is 11.6 Å². The summed E-state index contributed by atoms with van der Waals surface area (Å²) in [7, 11) is 1.62. The monoisotopic (exact) mass is 281 g/mol. The average molecular weight is 281 g/mol. The van der Waals surface area contributed by atoms with Crippen LogP contribution in [0.2, 0.25) is 0 Å². The lowest BCUT2D eigenvalue weighted by atomic mass is 10.0. The molecular weight excluding hydrogens is 262 g/mol. The van der Waals surface area contributed by atoms with Crippen LogP contribution < -0.4 is 5.32 Å². The maximum atomic E-state index is 12.4. The molecular formula is C18H19NO2. The summed E-state index contributed by atoms with van der Waals surface area (Å²) >= 11 is 0. The van der Waals surface area contributed by atoms with Crippen LogP contribution in [0.1, 0.15) is 11.1 Å². The molecule has 0 unspecified atom stereocenters. The fourth-order valence-electron chi connectivity index (χ4n) is 1.98. The molecule has 2 aromatic rings. The Morgan fingerprint density at radius 1 is 1.05 bits per heavy atom. The van der Waals surface area contributed by atoms with Gasteiger partial charge in [-0.15, -0.1) is 0 Å². The second-order valence-corrected chi connectivity index (χ2v) is 4.58. The fraction of sp³-hybridized carbons (Fsp3) is 0.167. The summed E-state index contributed by atoms with van der Waals surface area (Å²) in [5, 5.41) is 2.87. The Morgan fingerprint density at radius 2 is 1.67 bits per heavy atom. The van der Waals surface area contributed by atoms with E-state index >= 15 is 0 Å². The number of hydrogen-bond donors (Lipinski definition) is 1. The van der Waals surface area contributed by atoms with E-state index in [9.17, 15) is 4.79 Å². The van der Waals surface area contributed by atoms with Gasteiger partial charge in [0.25, 0.3) is 5.91 Å². The summed E-state index contributed by atoms with van der Waals surface area (Å²) < 4.78 is 4.96. The third kappa shape index (κ3) is 4.58. The molecule has 0 radical (unpaired) electrons. The van der Waals surface area contributed by atoms with Crippen LogP contribution in [0.4, 0.5) is 0 Å². The lowest BCUT2D eigenvalue weighted by Crippen LogP contribution is -2.27. The number of hydrogen-bond acceptors (Lipinski definition) is 2. The van der Waals surface area contributed by atoms with Gasteiger partial charge in [-0.1, -0.05) is 60.7 Å². The fourth-order valence-corrected chi connectivity index (χ4v) is 1.98. The number of nitrogens with one attached hydrogen (secondary N) is 1. The SMILES string of the molecule is COCCNC(=O)C(=Cc1ccccc1)c1ccccc1. The quantitative estimate of drug-likeness (QED) is 0.502. The number of carbonyl (C=O) groups excluding carboxylic acids is 1. The highest BCUT2D eigenvalue weighted by molar-refractivity contribution is 6.24. The molecule has 0 saturated heterocycles. The van der Waals surface area contributed by atoms with E-state index in [-0.39, 0.29) is 5.91 Å². The molecule has 108 valence electrons. The summed E-state index contributed by atoms with van der Waals surface area (Å²) in [4.78, 5) is 12.4. The van der Waals surface area contributed by atoms with Gasteiger partial charge in [-0.25, -0.2) is 0 Å². The van der Waals surface area contributed by atoms with Crippen molar-refractivity contribution in [2.75, 3.05) is 20.3 Å². The number of methoxy groups -OCH3 is 1. The topological polar surface area (TPSA) is 38.3 Å². The van der Waals surface area contributed by atoms with Gasteiger partial charge in [-0.05, 0) is 17.2 Å². The van der Waals surface area contributed by atoms with Crippen molar-refractivity contribution in [2.45, 2.75) is 0 Å². The highest BCUT2D eigenvalue weighted by Gasteiger charge is 2.11. The van der Waals surface area contributed by atoms with Crippen molar-refractivity contribution in [1.29, 1.82) is 0 Å². The summed E-state index contributed by atoms with van der Waals surface area (Å²) in [6.45, 7) is 0.993. The highest BCUT2D eigenvalue weighted by Crippen LogP contribution is 2.18. The summed E-state index contributed by atoms with van der Waals surface area (Å²) in [5.74, 6) is -0.0953. The van der Waals surface area contributed by atoms with Gasteiger partial charge in [0, 0.05) is 19.2 Å². The predicted molar refractivity (Wildman–Crippen MR) is 85.6 cm³/mol. The number of carbonyl (C=O) groups is 1. The normalized spacial score (nSPS) is 11.2. The summed E-state index contributed by atoms with van der Waals surface area (Å²) in [6.07, 6.45) is 1.90. The van der Waals surface area contributed by atoms with Crippen molar-refractivity contribution in [3.63, 3.8) is 0 Å². The van der Waals surface area contributed by atoms with Crippen LogP contribution in [-0.2, 0) is 9.53 Å². The molecule has 0 aliphatic heterocycles. The Kier molecular flexibility index (Phi) is 5.73. The van der Waals surface area contributed by atoms with Crippen LogP contribution in [0.3, 0.4) is 0 Å². The zero-order valence-corrected chi connectivity index (χ0v) is 12.1. The van der Waals surface area contributed by atoms with E-state index in [0.29, 0.717) is 18.7 Å². The van der Waals surface area contributed by atoms with Crippen LogP contribution in [0.5, 0.6) is 0 Å². The lowest BCUT2D eigenvalue weighted by Gasteiger charge is -2.09. The molecule has 0 atom stereocenters. The van der Waals surface area contributed by atoms with Crippen LogP contribution in [0, 0.1) is 0 Å². The van der Waals surface area contributed by atoms with E-state index in [1.54, 1.807) is 7.11 Å². The van der Waals surface area contributed by atoms with E-state index < -0.39 is 0 Å². The standard InChI is InChI=1S/C18H19NO2/c1-21-13-12-19-18(20)17(16-10-6-3-7-11-16)14-15-8-4-2-5-9-15/h2-11,14H,12-13H2,1H3,(H,19,20). The smallest absolute Gasteiger partial charge is 0.251 e. The van der Waals surface area contributed by atoms with E-state index in [4.69, 9.17) is 4.74 Å². The molecule has 1 amide bonds. The molecule has 2 rings (SSSR count). The van der Waals surface area contributed by atoms with Gasteiger partial charge in [0.15, 0.2) is 0 Å². The Labute approximate surface area is 125 Å². The van der Waals surface area contributed by atoms with Crippen LogP contribution in [-0.4, -0.2) is 26.2 Å². The second-order valence-electron chi connectivity index (χ2n) is 4.58. The van der Waals surface area contributed by atoms with Crippen molar-refractivity contribution in [1.82, 2.24) is 5.32 Å². The minimum absolute atomic E-state index is 0.0953. The zero-order chi connectivity index (χ0) is 14.9. The highest BCUT2D eigenvalue weighted by atomic mass is 16.5. The molecule has 0 aromatic heterocycles. The first kappa shape index (κ1) is 15.0. The van der Waals surface area contributed by atoms with Crippen molar-refractivity contribution < 1.29 is 9.53 Å². The van der Waals surface area contributed by atoms with Gasteiger partial charge < -0.3 is 10.1 Å². The minimum atomic E-state index is -0.0953. The van der Waals surface area contributed by atoms with Crippen molar-refractivity contribution in [2.24, 2.45) is 0 Å². The van der Waals surface area contributed by atoms with Gasteiger partial charge in [0.05, 0.1) is 6.61 Å². The van der Waals surface area contributed by atoms with Gasteiger partial charge in [0.2, 0.25) is 0 Å². The second kappa shape index (κ2) is 8.02. The lowest BCUT2D eigenvalue weighted by molar-refractivity contribution is -0.115. The Hall–Kier alpha value is -2.39. The maximum absolute atomic E-state index is 12.4. The third-order valence-corrected chi connectivity index (χ3v) is 3.03. The first-order valence-corrected chi connectivity index (χ1v) is 6.90. The van der Waals surface area contributed by atoms with Gasteiger partial charge in [0.1, 0.15) is 0 Å². The third-order valence-electron chi connectivity index (χ3n) is 3.03. The molecule has 0 aliphatic rings. The van der Waals surface area contributed by atoms with E-state index in [2.05, 4.69) is 5.32 Å². The molecule has 0 fully saturated rings. The number of benzene rings is 2. The van der Waals surface area contributed by atoms with E-state index in [1.807, 2.05) is 66.7 Å².